The molecule has 0 aromatic heterocycles. The van der Waals surface area contributed by atoms with E-state index in [-0.39, 0.29) is 6.61 Å². The van der Waals surface area contributed by atoms with Gasteiger partial charge in [-0.2, -0.15) is 0 Å². The number of aliphatic hydroxyl groups is 1. The van der Waals surface area contributed by atoms with Gasteiger partial charge in [-0.25, -0.2) is 0 Å². The molecule has 0 bridgehead atoms. The van der Waals surface area contributed by atoms with E-state index in [4.69, 9.17) is 5.11 Å². The summed E-state index contributed by atoms with van der Waals surface area (Å²) in [5, 5.41) is 8.69. The first kappa shape index (κ1) is 9.75. The molecule has 1 atom stereocenters. The van der Waals surface area contributed by atoms with Gasteiger partial charge >= 0.3 is 0 Å². The molecule has 0 fully saturated rings. The molecule has 0 saturated heterocycles. The summed E-state index contributed by atoms with van der Waals surface area (Å²) in [6.07, 6.45) is 0.747. The van der Waals surface area contributed by atoms with Crippen LogP contribution in [0.2, 0.25) is 0 Å². The highest BCUT2D eigenvalue weighted by Gasteiger charge is 1.99. The fourth-order valence-electron chi connectivity index (χ4n) is 1.08. The maximum absolute atomic E-state index is 8.69. The van der Waals surface area contributed by atoms with Gasteiger partial charge in [0.1, 0.15) is 0 Å². The highest BCUT2D eigenvalue weighted by Crippen LogP contribution is 2.21. The molecule has 1 unspecified atom stereocenters. The Bertz CT molecular complexity index is 228. The second kappa shape index (κ2) is 4.63. The minimum Gasteiger partial charge on any atom is -0.396 e. The molecule has 0 aliphatic rings. The SMILES string of the molecule is CC(Br)c1ccc(CCO)cc1. The van der Waals surface area contributed by atoms with Crippen molar-refractivity contribution in [1.29, 1.82) is 0 Å². The molecular weight excluding hydrogens is 216 g/mol. The number of rotatable bonds is 3. The summed E-state index contributed by atoms with van der Waals surface area (Å²) in [6.45, 7) is 2.32. The lowest BCUT2D eigenvalue weighted by molar-refractivity contribution is 0.299. The van der Waals surface area contributed by atoms with Gasteiger partial charge < -0.3 is 5.11 Å². The Kier molecular flexibility index (Phi) is 3.76. The second-order valence-electron chi connectivity index (χ2n) is 2.83. The van der Waals surface area contributed by atoms with Gasteiger partial charge in [0, 0.05) is 11.4 Å². The fourth-order valence-corrected chi connectivity index (χ4v) is 1.38. The standard InChI is InChI=1S/C10H13BrO/c1-8(11)10-4-2-9(3-5-10)6-7-12/h2-5,8,12H,6-7H2,1H3. The maximum atomic E-state index is 8.69. The van der Waals surface area contributed by atoms with Crippen molar-refractivity contribution >= 4 is 15.9 Å². The molecule has 0 amide bonds. The van der Waals surface area contributed by atoms with Gasteiger partial charge in [-0.05, 0) is 24.5 Å². The molecule has 2 heteroatoms. The molecular formula is C10H13BrO. The number of hydrogen-bond acceptors (Lipinski definition) is 1. The molecule has 1 aromatic carbocycles. The van der Waals surface area contributed by atoms with Crippen LogP contribution >= 0.6 is 15.9 Å². The first-order valence-corrected chi connectivity index (χ1v) is 4.99. The highest BCUT2D eigenvalue weighted by molar-refractivity contribution is 9.09. The largest absolute Gasteiger partial charge is 0.396 e. The minimum atomic E-state index is 0.225. The van der Waals surface area contributed by atoms with Crippen molar-refractivity contribution in [3.05, 3.63) is 35.4 Å². The molecule has 0 heterocycles. The molecule has 1 N–H and O–H groups in total. The van der Waals surface area contributed by atoms with Gasteiger partial charge in [-0.3, -0.25) is 0 Å². The Labute approximate surface area is 81.6 Å². The molecule has 12 heavy (non-hydrogen) atoms. The lowest BCUT2D eigenvalue weighted by atomic mass is 10.1. The molecule has 0 aliphatic heterocycles. The zero-order chi connectivity index (χ0) is 8.97. The first-order chi connectivity index (χ1) is 5.74. The molecule has 66 valence electrons. The normalized spacial score (nSPS) is 12.9. The average Bonchev–Trinajstić information content (AvgIpc) is 2.06. The van der Waals surface area contributed by atoms with Crippen LogP contribution in [0, 0.1) is 0 Å². The van der Waals surface area contributed by atoms with Gasteiger partial charge in [0.15, 0.2) is 0 Å². The summed E-state index contributed by atoms with van der Waals surface area (Å²) in [7, 11) is 0. The van der Waals surface area contributed by atoms with Crippen LogP contribution < -0.4 is 0 Å². The smallest absolute Gasteiger partial charge is 0.0471 e. The molecule has 1 rings (SSSR count). The van der Waals surface area contributed by atoms with Crippen LogP contribution in [0.4, 0.5) is 0 Å². The van der Waals surface area contributed by atoms with E-state index >= 15 is 0 Å². The minimum absolute atomic E-state index is 0.225. The van der Waals surface area contributed by atoms with Gasteiger partial charge in [0.2, 0.25) is 0 Å². The van der Waals surface area contributed by atoms with Crippen molar-refractivity contribution in [3.8, 4) is 0 Å². The van der Waals surface area contributed by atoms with Crippen molar-refractivity contribution in [2.75, 3.05) is 6.61 Å². The number of halogens is 1. The summed E-state index contributed by atoms with van der Waals surface area (Å²) in [5.74, 6) is 0. The Hall–Kier alpha value is -0.340. The molecule has 0 radical (unpaired) electrons. The van der Waals surface area contributed by atoms with Crippen molar-refractivity contribution in [2.45, 2.75) is 18.2 Å². The molecule has 1 nitrogen and oxygen atoms in total. The summed E-state index contributed by atoms with van der Waals surface area (Å²) in [6, 6.07) is 8.29. The zero-order valence-corrected chi connectivity index (χ0v) is 8.71. The summed E-state index contributed by atoms with van der Waals surface area (Å²) in [4.78, 5) is 0.403. The molecule has 1 aromatic rings. The Morgan fingerprint density at radius 1 is 1.33 bits per heavy atom. The van der Waals surface area contributed by atoms with Crippen molar-refractivity contribution in [1.82, 2.24) is 0 Å². The van der Waals surface area contributed by atoms with E-state index < -0.39 is 0 Å². The van der Waals surface area contributed by atoms with Gasteiger partial charge in [0.05, 0.1) is 0 Å². The third-order valence-electron chi connectivity index (χ3n) is 1.84. The Morgan fingerprint density at radius 2 is 1.92 bits per heavy atom. The van der Waals surface area contributed by atoms with Crippen LogP contribution in [0.3, 0.4) is 0 Å². The van der Waals surface area contributed by atoms with Crippen LogP contribution in [-0.2, 0) is 6.42 Å². The molecule has 0 spiro atoms. The lowest BCUT2D eigenvalue weighted by Crippen LogP contribution is -1.91. The monoisotopic (exact) mass is 228 g/mol. The summed E-state index contributed by atoms with van der Waals surface area (Å²) < 4.78 is 0. The van der Waals surface area contributed by atoms with E-state index in [9.17, 15) is 0 Å². The van der Waals surface area contributed by atoms with E-state index in [0.29, 0.717) is 4.83 Å². The number of aliphatic hydroxyl groups excluding tert-OH is 1. The van der Waals surface area contributed by atoms with Crippen LogP contribution in [0.15, 0.2) is 24.3 Å². The first-order valence-electron chi connectivity index (χ1n) is 4.08. The quantitative estimate of drug-likeness (QED) is 0.790. The van der Waals surface area contributed by atoms with Gasteiger partial charge in [0.25, 0.3) is 0 Å². The second-order valence-corrected chi connectivity index (χ2v) is 4.20. The van der Waals surface area contributed by atoms with Crippen molar-refractivity contribution in [2.24, 2.45) is 0 Å². The van der Waals surface area contributed by atoms with Crippen LogP contribution in [-0.4, -0.2) is 11.7 Å². The van der Waals surface area contributed by atoms with E-state index in [1.165, 1.54) is 11.1 Å². The average molecular weight is 229 g/mol. The predicted molar refractivity (Wildman–Crippen MR) is 54.6 cm³/mol. The lowest BCUT2D eigenvalue weighted by Gasteiger charge is -2.04. The van der Waals surface area contributed by atoms with Crippen LogP contribution in [0.1, 0.15) is 22.9 Å². The molecule has 0 aliphatic carbocycles. The Morgan fingerprint density at radius 3 is 2.33 bits per heavy atom. The summed E-state index contributed by atoms with van der Waals surface area (Å²) >= 11 is 3.50. The number of benzene rings is 1. The topological polar surface area (TPSA) is 20.2 Å². The van der Waals surface area contributed by atoms with Crippen molar-refractivity contribution in [3.63, 3.8) is 0 Å². The van der Waals surface area contributed by atoms with E-state index in [0.717, 1.165) is 6.42 Å². The van der Waals surface area contributed by atoms with Gasteiger partial charge in [-0.1, -0.05) is 40.2 Å². The van der Waals surface area contributed by atoms with E-state index in [1.807, 2.05) is 0 Å². The van der Waals surface area contributed by atoms with E-state index in [2.05, 4.69) is 47.1 Å². The fraction of sp³-hybridized carbons (Fsp3) is 0.400. The predicted octanol–water partition coefficient (Wildman–Crippen LogP) is 2.68. The molecule has 0 saturated carbocycles. The number of alkyl halides is 1. The highest BCUT2D eigenvalue weighted by atomic mass is 79.9. The zero-order valence-electron chi connectivity index (χ0n) is 7.13. The van der Waals surface area contributed by atoms with Crippen LogP contribution in [0.25, 0.3) is 0 Å². The van der Waals surface area contributed by atoms with Crippen molar-refractivity contribution < 1.29 is 5.11 Å². The third-order valence-corrected chi connectivity index (χ3v) is 2.37. The maximum Gasteiger partial charge on any atom is 0.0471 e. The Balaban J connectivity index is 2.71. The van der Waals surface area contributed by atoms with Gasteiger partial charge in [-0.15, -0.1) is 0 Å². The van der Waals surface area contributed by atoms with Crippen LogP contribution in [0.5, 0.6) is 0 Å². The number of hydrogen-bond donors (Lipinski definition) is 1. The van der Waals surface area contributed by atoms with E-state index in [1.54, 1.807) is 0 Å². The third kappa shape index (κ3) is 2.61. The summed E-state index contributed by atoms with van der Waals surface area (Å²) in [5.41, 5.74) is 2.46.